The molecule has 6 aromatic rings. The third-order valence-corrected chi connectivity index (χ3v) is 6.17. The monoisotopic (exact) mass is 424 g/mol. The van der Waals surface area contributed by atoms with Gasteiger partial charge in [-0.1, -0.05) is 0 Å². The van der Waals surface area contributed by atoms with Crippen molar-refractivity contribution in [2.75, 3.05) is 5.73 Å². The maximum Gasteiger partial charge on any atom is 0.181 e. The normalized spacial score (nSPS) is 11.5. The van der Waals surface area contributed by atoms with Gasteiger partial charge in [0.25, 0.3) is 0 Å². The van der Waals surface area contributed by atoms with E-state index in [0.29, 0.717) is 17.2 Å². The van der Waals surface area contributed by atoms with E-state index < -0.39 is 0 Å². The number of imidazole rings is 1. The molecule has 0 atom stereocenters. The quantitative estimate of drug-likeness (QED) is 0.382. The number of nitrogens with zero attached hydrogens (tertiary/aromatic N) is 5. The van der Waals surface area contributed by atoms with E-state index in [2.05, 4.69) is 49.2 Å². The Hall–Kier alpha value is -4.11. The lowest BCUT2D eigenvalue weighted by Gasteiger charge is -2.02. The van der Waals surface area contributed by atoms with Crippen molar-refractivity contribution < 1.29 is 0 Å². The lowest BCUT2D eigenvalue weighted by Crippen LogP contribution is -1.89. The highest BCUT2D eigenvalue weighted by Gasteiger charge is 2.17. The van der Waals surface area contributed by atoms with Gasteiger partial charge in [-0.3, -0.25) is 15.1 Å². The van der Waals surface area contributed by atoms with Crippen LogP contribution in [-0.4, -0.2) is 35.1 Å². The van der Waals surface area contributed by atoms with Crippen molar-refractivity contribution in [2.24, 2.45) is 0 Å². The number of nitrogens with two attached hydrogens (primary N) is 1. The van der Waals surface area contributed by atoms with E-state index in [-0.39, 0.29) is 0 Å². The van der Waals surface area contributed by atoms with Crippen molar-refractivity contribution in [2.45, 2.75) is 6.92 Å². The number of aromatic amines is 2. The van der Waals surface area contributed by atoms with E-state index in [4.69, 9.17) is 10.7 Å². The molecule has 0 aromatic carbocycles. The van der Waals surface area contributed by atoms with Gasteiger partial charge in [0.2, 0.25) is 0 Å². The largest absolute Gasteiger partial charge is 0.397 e. The van der Waals surface area contributed by atoms with Crippen LogP contribution in [0.15, 0.2) is 55.2 Å². The Morgan fingerprint density at radius 2 is 1.84 bits per heavy atom. The predicted octanol–water partition coefficient (Wildman–Crippen LogP) is 4.58. The van der Waals surface area contributed by atoms with E-state index >= 15 is 0 Å². The number of H-pyrrole nitrogens is 2. The van der Waals surface area contributed by atoms with Crippen LogP contribution in [0.2, 0.25) is 0 Å². The summed E-state index contributed by atoms with van der Waals surface area (Å²) < 4.78 is 0. The average molecular weight is 424 g/mol. The molecule has 0 aliphatic carbocycles. The number of fused-ring (bicyclic) bond motifs is 2. The summed E-state index contributed by atoms with van der Waals surface area (Å²) in [5, 5.41) is 8.29. The number of aromatic nitrogens is 7. The first-order valence-electron chi connectivity index (χ1n) is 9.61. The van der Waals surface area contributed by atoms with Gasteiger partial charge in [-0.25, -0.2) is 9.97 Å². The molecule has 0 bridgehead atoms. The highest BCUT2D eigenvalue weighted by atomic mass is 32.1. The first-order chi connectivity index (χ1) is 15.2. The number of hydrogen-bond donors (Lipinski definition) is 3. The number of hydrogen-bond acceptors (Lipinski definition) is 7. The molecule has 0 saturated heterocycles. The lowest BCUT2D eigenvalue weighted by atomic mass is 10.1. The third kappa shape index (κ3) is 2.94. The molecule has 0 radical (unpaired) electrons. The number of nitrogens with one attached hydrogen (secondary N) is 2. The van der Waals surface area contributed by atoms with Crippen LogP contribution in [0, 0.1) is 6.92 Å². The second-order valence-electron chi connectivity index (χ2n) is 7.28. The Morgan fingerprint density at radius 3 is 2.68 bits per heavy atom. The smallest absolute Gasteiger partial charge is 0.181 e. The summed E-state index contributed by atoms with van der Waals surface area (Å²) in [7, 11) is 0. The average Bonchev–Trinajstić information content (AvgIpc) is 3.50. The Bertz CT molecular complexity index is 1580. The van der Waals surface area contributed by atoms with Gasteiger partial charge in [0.05, 0.1) is 22.8 Å². The highest BCUT2D eigenvalue weighted by molar-refractivity contribution is 7.15. The Morgan fingerprint density at radius 1 is 0.968 bits per heavy atom. The van der Waals surface area contributed by atoms with Crippen LogP contribution in [0.1, 0.15) is 4.88 Å². The summed E-state index contributed by atoms with van der Waals surface area (Å²) in [6.07, 6.45) is 8.80. The second kappa shape index (κ2) is 6.71. The summed E-state index contributed by atoms with van der Waals surface area (Å²) in [5.41, 5.74) is 12.4. The maximum absolute atomic E-state index is 5.89. The minimum Gasteiger partial charge on any atom is -0.397 e. The van der Waals surface area contributed by atoms with E-state index in [0.717, 1.165) is 43.7 Å². The van der Waals surface area contributed by atoms with Gasteiger partial charge in [-0.05, 0) is 31.2 Å². The fourth-order valence-corrected chi connectivity index (χ4v) is 4.54. The van der Waals surface area contributed by atoms with Gasteiger partial charge < -0.3 is 10.7 Å². The Kier molecular flexibility index (Phi) is 3.84. The summed E-state index contributed by atoms with van der Waals surface area (Å²) >= 11 is 1.73. The minimum atomic E-state index is 0.603. The number of aryl methyl sites for hydroxylation is 1. The van der Waals surface area contributed by atoms with Crippen molar-refractivity contribution in [3.63, 3.8) is 0 Å². The third-order valence-electron chi connectivity index (χ3n) is 5.14. The molecule has 6 aromatic heterocycles. The van der Waals surface area contributed by atoms with Gasteiger partial charge >= 0.3 is 0 Å². The highest BCUT2D eigenvalue weighted by Crippen LogP contribution is 2.34. The Balaban J connectivity index is 1.51. The molecule has 6 rings (SSSR count). The van der Waals surface area contributed by atoms with Crippen molar-refractivity contribution >= 4 is 39.1 Å². The van der Waals surface area contributed by atoms with Crippen LogP contribution in [0.4, 0.5) is 5.69 Å². The summed E-state index contributed by atoms with van der Waals surface area (Å²) in [6, 6.07) is 8.10. The number of pyridine rings is 3. The first kappa shape index (κ1) is 17.7. The topological polar surface area (TPSA) is 122 Å². The van der Waals surface area contributed by atoms with E-state index in [1.807, 2.05) is 18.3 Å². The molecule has 0 aliphatic rings. The zero-order valence-corrected chi connectivity index (χ0v) is 17.2. The van der Waals surface area contributed by atoms with Gasteiger partial charge in [0, 0.05) is 51.2 Å². The zero-order chi connectivity index (χ0) is 20.9. The van der Waals surface area contributed by atoms with E-state index in [1.165, 1.54) is 4.88 Å². The lowest BCUT2D eigenvalue weighted by molar-refractivity contribution is 1.09. The fraction of sp³-hybridized carbons (Fsp3) is 0.0455. The molecule has 9 heteroatoms. The molecule has 150 valence electrons. The molecular formula is C22H16N8S. The van der Waals surface area contributed by atoms with Crippen molar-refractivity contribution in [3.8, 4) is 33.1 Å². The van der Waals surface area contributed by atoms with Crippen molar-refractivity contribution in [1.29, 1.82) is 0 Å². The summed E-state index contributed by atoms with van der Waals surface area (Å²) in [5.74, 6) is 0.685. The van der Waals surface area contributed by atoms with Crippen LogP contribution in [0.25, 0.3) is 55.2 Å². The van der Waals surface area contributed by atoms with E-state index in [1.54, 1.807) is 36.1 Å². The van der Waals surface area contributed by atoms with Gasteiger partial charge in [-0.15, -0.1) is 11.3 Å². The zero-order valence-electron chi connectivity index (χ0n) is 16.4. The Labute approximate surface area is 180 Å². The summed E-state index contributed by atoms with van der Waals surface area (Å²) in [4.78, 5) is 23.7. The van der Waals surface area contributed by atoms with Crippen molar-refractivity contribution in [1.82, 2.24) is 35.1 Å². The summed E-state index contributed by atoms with van der Waals surface area (Å²) in [6.45, 7) is 2.09. The molecule has 4 N–H and O–H groups in total. The minimum absolute atomic E-state index is 0.603. The molecular weight excluding hydrogens is 408 g/mol. The molecule has 0 amide bonds. The van der Waals surface area contributed by atoms with Crippen molar-refractivity contribution in [3.05, 3.63) is 60.1 Å². The number of rotatable bonds is 3. The molecule has 31 heavy (non-hydrogen) atoms. The van der Waals surface area contributed by atoms with Crippen LogP contribution in [0.3, 0.4) is 0 Å². The SMILES string of the molecule is Cc1ccc(-c2cncc3[nH]c(-c4[nH]nc5ncc(-c6cncc(N)c6)cc45)nc23)s1. The fourth-order valence-electron chi connectivity index (χ4n) is 3.66. The number of anilines is 1. The molecule has 0 fully saturated rings. The molecule has 0 unspecified atom stereocenters. The molecule has 0 aliphatic heterocycles. The van der Waals surface area contributed by atoms with E-state index in [9.17, 15) is 0 Å². The van der Waals surface area contributed by atoms with Crippen LogP contribution in [0.5, 0.6) is 0 Å². The second-order valence-corrected chi connectivity index (χ2v) is 8.57. The standard InChI is InChI=1S/C22H16N8S/c1-11-2-3-18(31-11)16-9-25-10-17-19(16)28-22(27-17)20-15-5-13(7-26-21(15)30-29-20)12-4-14(23)8-24-6-12/h2-10H,23H2,1H3,(H,27,28)(H,26,29,30). The number of nitrogen functional groups attached to an aromatic ring is 1. The predicted molar refractivity (Wildman–Crippen MR) is 122 cm³/mol. The van der Waals surface area contributed by atoms with Crippen LogP contribution in [-0.2, 0) is 0 Å². The molecule has 8 nitrogen and oxygen atoms in total. The number of thiophene rings is 1. The van der Waals surface area contributed by atoms with Gasteiger partial charge in [-0.2, -0.15) is 5.10 Å². The van der Waals surface area contributed by atoms with Gasteiger partial charge in [0.15, 0.2) is 11.5 Å². The molecule has 6 heterocycles. The van der Waals surface area contributed by atoms with Crippen LogP contribution < -0.4 is 5.73 Å². The van der Waals surface area contributed by atoms with Crippen LogP contribution >= 0.6 is 11.3 Å². The van der Waals surface area contributed by atoms with Gasteiger partial charge in [0.1, 0.15) is 11.2 Å². The molecule has 0 saturated carbocycles. The molecule has 0 spiro atoms. The first-order valence-corrected chi connectivity index (χ1v) is 10.4. The maximum atomic E-state index is 5.89.